The molecule has 1 fully saturated rings. The Morgan fingerprint density at radius 1 is 1.17 bits per heavy atom. The fourth-order valence-electron chi connectivity index (χ4n) is 2.84. The van der Waals surface area contributed by atoms with Crippen molar-refractivity contribution >= 4 is 11.7 Å². The lowest BCUT2D eigenvalue weighted by atomic mass is 10.2. The highest BCUT2D eigenvalue weighted by molar-refractivity contribution is 5.74. The highest BCUT2D eigenvalue weighted by atomic mass is 16.2. The van der Waals surface area contributed by atoms with Crippen LogP contribution in [0.5, 0.6) is 0 Å². The molecule has 2 N–H and O–H groups in total. The lowest BCUT2D eigenvalue weighted by molar-refractivity contribution is 0.238. The molecule has 0 spiro atoms. The van der Waals surface area contributed by atoms with Crippen LogP contribution in [0.4, 0.5) is 10.5 Å². The minimum absolute atomic E-state index is 0.0964. The molecule has 1 aromatic carbocycles. The zero-order chi connectivity index (χ0) is 15.9. The van der Waals surface area contributed by atoms with E-state index in [0.29, 0.717) is 6.54 Å². The van der Waals surface area contributed by atoms with Gasteiger partial charge >= 0.3 is 6.03 Å². The van der Waals surface area contributed by atoms with Crippen molar-refractivity contribution in [2.75, 3.05) is 24.5 Å². The number of aromatic nitrogens is 1. The first-order valence-corrected chi connectivity index (χ1v) is 8.05. The van der Waals surface area contributed by atoms with Gasteiger partial charge in [0.25, 0.3) is 0 Å². The zero-order valence-electron chi connectivity index (χ0n) is 13.1. The Hall–Kier alpha value is -2.56. The van der Waals surface area contributed by atoms with Gasteiger partial charge in [-0.05, 0) is 30.7 Å². The normalized spacial score (nSPS) is 17.0. The van der Waals surface area contributed by atoms with Gasteiger partial charge < -0.3 is 15.5 Å². The topological polar surface area (TPSA) is 57.3 Å². The highest BCUT2D eigenvalue weighted by Gasteiger charge is 2.23. The molecule has 0 bridgehead atoms. The van der Waals surface area contributed by atoms with Gasteiger partial charge in [-0.1, -0.05) is 24.3 Å². The van der Waals surface area contributed by atoms with Crippen LogP contribution in [0.15, 0.2) is 54.7 Å². The molecule has 5 heteroatoms. The Labute approximate surface area is 136 Å². The third-order valence-electron chi connectivity index (χ3n) is 4.04. The standard InChI is InChI=1S/C18H22N4O/c23-18(20-12-9-15-6-4-5-11-19-15)21-16-10-13-22(14-16)17-7-2-1-3-8-17/h1-8,11,16H,9-10,12-14H2,(H2,20,21,23). The van der Waals surface area contributed by atoms with Crippen LogP contribution in [0.2, 0.25) is 0 Å². The monoisotopic (exact) mass is 310 g/mol. The number of anilines is 1. The Kier molecular flexibility index (Phi) is 5.09. The van der Waals surface area contributed by atoms with E-state index in [9.17, 15) is 4.79 Å². The van der Waals surface area contributed by atoms with Gasteiger partial charge in [-0.3, -0.25) is 4.98 Å². The minimum Gasteiger partial charge on any atom is -0.369 e. The first kappa shape index (κ1) is 15.3. The SMILES string of the molecule is O=C(NCCc1ccccn1)NC1CCN(c2ccccc2)C1. The van der Waals surface area contributed by atoms with Crippen LogP contribution in [0, 0.1) is 0 Å². The van der Waals surface area contributed by atoms with Crippen molar-refractivity contribution in [1.29, 1.82) is 0 Å². The Morgan fingerprint density at radius 2 is 2.00 bits per heavy atom. The molecule has 3 rings (SSSR count). The second-order valence-corrected chi connectivity index (χ2v) is 5.74. The van der Waals surface area contributed by atoms with Crippen LogP contribution < -0.4 is 15.5 Å². The third kappa shape index (κ3) is 4.45. The van der Waals surface area contributed by atoms with Crippen molar-refractivity contribution in [2.45, 2.75) is 18.9 Å². The molecular weight excluding hydrogens is 288 g/mol. The molecule has 1 atom stereocenters. The number of carbonyl (C=O) groups is 1. The molecule has 5 nitrogen and oxygen atoms in total. The molecule has 1 aliphatic rings. The number of hydrogen-bond acceptors (Lipinski definition) is 3. The molecule has 120 valence electrons. The van der Waals surface area contributed by atoms with Crippen LogP contribution in [0.25, 0.3) is 0 Å². The van der Waals surface area contributed by atoms with E-state index < -0.39 is 0 Å². The van der Waals surface area contributed by atoms with Gasteiger partial charge in [0.2, 0.25) is 0 Å². The van der Waals surface area contributed by atoms with Crippen molar-refractivity contribution in [1.82, 2.24) is 15.6 Å². The van der Waals surface area contributed by atoms with Gasteiger partial charge in [-0.25, -0.2) is 4.79 Å². The summed E-state index contributed by atoms with van der Waals surface area (Å²) < 4.78 is 0. The van der Waals surface area contributed by atoms with Gasteiger partial charge in [-0.2, -0.15) is 0 Å². The van der Waals surface area contributed by atoms with E-state index in [2.05, 4.69) is 32.7 Å². The average molecular weight is 310 g/mol. The number of urea groups is 1. The van der Waals surface area contributed by atoms with Crippen LogP contribution in [-0.2, 0) is 6.42 Å². The quantitative estimate of drug-likeness (QED) is 0.890. The van der Waals surface area contributed by atoms with E-state index in [-0.39, 0.29) is 12.1 Å². The average Bonchev–Trinajstić information content (AvgIpc) is 3.05. The number of nitrogens with one attached hydrogen (secondary N) is 2. The van der Waals surface area contributed by atoms with Gasteiger partial charge in [-0.15, -0.1) is 0 Å². The summed E-state index contributed by atoms with van der Waals surface area (Å²) >= 11 is 0. The van der Waals surface area contributed by atoms with Crippen molar-refractivity contribution in [3.8, 4) is 0 Å². The van der Waals surface area contributed by atoms with Crippen molar-refractivity contribution < 1.29 is 4.79 Å². The van der Waals surface area contributed by atoms with E-state index in [1.807, 2.05) is 36.4 Å². The molecule has 0 aliphatic carbocycles. The Balaban J connectivity index is 1.39. The molecule has 2 heterocycles. The summed E-state index contributed by atoms with van der Waals surface area (Å²) in [6.07, 6.45) is 3.49. The summed E-state index contributed by atoms with van der Waals surface area (Å²) in [6, 6.07) is 16.2. The maximum Gasteiger partial charge on any atom is 0.315 e. The van der Waals surface area contributed by atoms with E-state index in [1.54, 1.807) is 6.20 Å². The van der Waals surface area contributed by atoms with E-state index in [1.165, 1.54) is 5.69 Å². The fourth-order valence-corrected chi connectivity index (χ4v) is 2.84. The Morgan fingerprint density at radius 3 is 2.78 bits per heavy atom. The molecule has 23 heavy (non-hydrogen) atoms. The number of para-hydroxylation sites is 1. The molecule has 2 amide bonds. The summed E-state index contributed by atoms with van der Waals surface area (Å²) in [6.45, 7) is 2.43. The highest BCUT2D eigenvalue weighted by Crippen LogP contribution is 2.19. The molecule has 1 aromatic heterocycles. The maximum atomic E-state index is 12.0. The summed E-state index contributed by atoms with van der Waals surface area (Å²) in [5, 5.41) is 5.96. The summed E-state index contributed by atoms with van der Waals surface area (Å²) in [5.41, 5.74) is 2.20. The lowest BCUT2D eigenvalue weighted by Crippen LogP contribution is -2.44. The maximum absolute atomic E-state index is 12.0. The predicted molar refractivity (Wildman–Crippen MR) is 91.5 cm³/mol. The largest absolute Gasteiger partial charge is 0.369 e. The van der Waals surface area contributed by atoms with Crippen molar-refractivity contribution in [3.63, 3.8) is 0 Å². The third-order valence-corrected chi connectivity index (χ3v) is 4.04. The minimum atomic E-state index is -0.0964. The van der Waals surface area contributed by atoms with Gasteiger partial charge in [0.15, 0.2) is 0 Å². The number of rotatable bonds is 5. The molecule has 0 saturated carbocycles. The number of pyridine rings is 1. The number of benzene rings is 1. The van der Waals surface area contributed by atoms with Crippen LogP contribution >= 0.6 is 0 Å². The zero-order valence-corrected chi connectivity index (χ0v) is 13.1. The van der Waals surface area contributed by atoms with E-state index >= 15 is 0 Å². The first-order chi connectivity index (χ1) is 11.3. The van der Waals surface area contributed by atoms with E-state index in [4.69, 9.17) is 0 Å². The Bertz CT molecular complexity index is 617. The molecule has 2 aromatic rings. The van der Waals surface area contributed by atoms with E-state index in [0.717, 1.165) is 31.6 Å². The summed E-state index contributed by atoms with van der Waals surface area (Å²) in [4.78, 5) is 18.5. The second-order valence-electron chi connectivity index (χ2n) is 5.74. The molecule has 1 aliphatic heterocycles. The first-order valence-electron chi connectivity index (χ1n) is 8.05. The molecule has 0 radical (unpaired) electrons. The van der Waals surface area contributed by atoms with Gasteiger partial charge in [0.1, 0.15) is 0 Å². The predicted octanol–water partition coefficient (Wildman–Crippen LogP) is 2.20. The number of amides is 2. The van der Waals surface area contributed by atoms with Crippen molar-refractivity contribution in [2.24, 2.45) is 0 Å². The number of carbonyl (C=O) groups excluding carboxylic acids is 1. The molecular formula is C18H22N4O. The van der Waals surface area contributed by atoms with Gasteiger partial charge in [0, 0.05) is 49.7 Å². The van der Waals surface area contributed by atoms with Crippen LogP contribution in [-0.4, -0.2) is 36.7 Å². The van der Waals surface area contributed by atoms with Crippen LogP contribution in [0.3, 0.4) is 0 Å². The fraction of sp³-hybridized carbons (Fsp3) is 0.333. The lowest BCUT2D eigenvalue weighted by Gasteiger charge is -2.19. The number of hydrogen-bond donors (Lipinski definition) is 2. The molecule has 1 unspecified atom stereocenters. The van der Waals surface area contributed by atoms with Gasteiger partial charge in [0.05, 0.1) is 0 Å². The second kappa shape index (κ2) is 7.63. The summed E-state index contributed by atoms with van der Waals surface area (Å²) in [7, 11) is 0. The van der Waals surface area contributed by atoms with Crippen LogP contribution in [0.1, 0.15) is 12.1 Å². The van der Waals surface area contributed by atoms with Crippen molar-refractivity contribution in [3.05, 3.63) is 60.4 Å². The molecule has 1 saturated heterocycles. The summed E-state index contributed by atoms with van der Waals surface area (Å²) in [5.74, 6) is 0. The number of nitrogens with zero attached hydrogens (tertiary/aromatic N) is 2. The smallest absolute Gasteiger partial charge is 0.315 e.